The number of carboxylic acids is 1. The standard InChI is InChI=1S/C13H26N2O3/c1-12(2,3)10(11(17)18)15-9(16)7-8-14-13(4,5)6/h10,14H,7-8H2,1-6H3,(H,15,16)(H,17,18)/t10-/m0/s1. The molecule has 0 aliphatic carbocycles. The van der Waals surface area contributed by atoms with E-state index in [0.717, 1.165) is 0 Å². The summed E-state index contributed by atoms with van der Waals surface area (Å²) >= 11 is 0. The van der Waals surface area contributed by atoms with Crippen LogP contribution in [-0.4, -0.2) is 35.1 Å². The van der Waals surface area contributed by atoms with Crippen LogP contribution >= 0.6 is 0 Å². The SMILES string of the molecule is CC(C)(C)NCCC(=O)N[C@@H](C(=O)O)C(C)(C)C. The van der Waals surface area contributed by atoms with Crippen molar-refractivity contribution in [2.45, 2.75) is 59.5 Å². The van der Waals surface area contributed by atoms with Crippen LogP contribution in [0.4, 0.5) is 0 Å². The summed E-state index contributed by atoms with van der Waals surface area (Å²) in [6.45, 7) is 11.9. The number of carbonyl (C=O) groups is 2. The van der Waals surface area contributed by atoms with Gasteiger partial charge in [-0.2, -0.15) is 0 Å². The Hall–Kier alpha value is -1.10. The van der Waals surface area contributed by atoms with Crippen LogP contribution in [0.25, 0.3) is 0 Å². The van der Waals surface area contributed by atoms with E-state index in [1.807, 2.05) is 20.8 Å². The van der Waals surface area contributed by atoms with E-state index in [2.05, 4.69) is 10.6 Å². The van der Waals surface area contributed by atoms with Gasteiger partial charge in [0.1, 0.15) is 6.04 Å². The molecule has 0 aliphatic heterocycles. The van der Waals surface area contributed by atoms with Gasteiger partial charge in [-0.15, -0.1) is 0 Å². The van der Waals surface area contributed by atoms with Crippen LogP contribution in [-0.2, 0) is 9.59 Å². The number of hydrogen-bond donors (Lipinski definition) is 3. The minimum Gasteiger partial charge on any atom is -0.480 e. The lowest BCUT2D eigenvalue weighted by atomic mass is 9.86. The van der Waals surface area contributed by atoms with E-state index in [0.29, 0.717) is 6.54 Å². The average molecular weight is 258 g/mol. The molecule has 5 heteroatoms. The lowest BCUT2D eigenvalue weighted by molar-refractivity contribution is -0.144. The second-order valence-corrected chi connectivity index (χ2v) is 6.63. The van der Waals surface area contributed by atoms with Crippen LogP contribution in [0.15, 0.2) is 0 Å². The van der Waals surface area contributed by atoms with Gasteiger partial charge in [-0.1, -0.05) is 20.8 Å². The number of nitrogens with one attached hydrogen (secondary N) is 2. The molecule has 0 aliphatic rings. The predicted octanol–water partition coefficient (Wildman–Crippen LogP) is 1.38. The summed E-state index contributed by atoms with van der Waals surface area (Å²) in [6.07, 6.45) is 0.275. The van der Waals surface area contributed by atoms with Gasteiger partial charge in [0.05, 0.1) is 0 Å². The lowest BCUT2D eigenvalue weighted by Gasteiger charge is -2.28. The van der Waals surface area contributed by atoms with Crippen LogP contribution in [0, 0.1) is 5.41 Å². The molecule has 0 rings (SSSR count). The molecule has 3 N–H and O–H groups in total. The summed E-state index contributed by atoms with van der Waals surface area (Å²) in [5, 5.41) is 14.8. The summed E-state index contributed by atoms with van der Waals surface area (Å²) in [5.74, 6) is -1.24. The third-order valence-corrected chi connectivity index (χ3v) is 2.43. The Morgan fingerprint density at radius 1 is 1.11 bits per heavy atom. The van der Waals surface area contributed by atoms with Crippen molar-refractivity contribution in [1.29, 1.82) is 0 Å². The molecule has 18 heavy (non-hydrogen) atoms. The predicted molar refractivity (Wildman–Crippen MR) is 71.4 cm³/mol. The summed E-state index contributed by atoms with van der Waals surface area (Å²) < 4.78 is 0. The van der Waals surface area contributed by atoms with Gasteiger partial charge < -0.3 is 15.7 Å². The van der Waals surface area contributed by atoms with Gasteiger partial charge in [0.15, 0.2) is 0 Å². The Morgan fingerprint density at radius 3 is 1.94 bits per heavy atom. The van der Waals surface area contributed by atoms with Gasteiger partial charge in [0.25, 0.3) is 0 Å². The Bertz CT molecular complexity index is 300. The van der Waals surface area contributed by atoms with Crippen LogP contribution in [0.1, 0.15) is 48.0 Å². The van der Waals surface area contributed by atoms with Gasteiger partial charge in [-0.3, -0.25) is 4.79 Å². The number of amides is 1. The zero-order valence-corrected chi connectivity index (χ0v) is 12.3. The van der Waals surface area contributed by atoms with Gasteiger partial charge in [0, 0.05) is 18.5 Å². The number of carbonyl (C=O) groups excluding carboxylic acids is 1. The first-order valence-electron chi connectivity index (χ1n) is 6.20. The summed E-state index contributed by atoms with van der Waals surface area (Å²) in [7, 11) is 0. The fraction of sp³-hybridized carbons (Fsp3) is 0.846. The van der Waals surface area contributed by atoms with Crippen LogP contribution in [0.5, 0.6) is 0 Å². The first kappa shape index (κ1) is 16.9. The van der Waals surface area contributed by atoms with Gasteiger partial charge in [0.2, 0.25) is 5.91 Å². The van der Waals surface area contributed by atoms with Crippen LogP contribution in [0.3, 0.4) is 0 Å². The van der Waals surface area contributed by atoms with Crippen molar-refractivity contribution in [3.05, 3.63) is 0 Å². The Kier molecular flexibility index (Phi) is 5.80. The number of aliphatic carboxylic acids is 1. The highest BCUT2D eigenvalue weighted by atomic mass is 16.4. The van der Waals surface area contributed by atoms with E-state index < -0.39 is 17.4 Å². The molecule has 0 bridgehead atoms. The van der Waals surface area contributed by atoms with E-state index >= 15 is 0 Å². The highest BCUT2D eigenvalue weighted by Crippen LogP contribution is 2.19. The molecule has 0 fully saturated rings. The van der Waals surface area contributed by atoms with E-state index in [1.54, 1.807) is 20.8 Å². The molecule has 0 aromatic rings. The second kappa shape index (κ2) is 6.18. The number of rotatable bonds is 5. The first-order valence-corrected chi connectivity index (χ1v) is 6.20. The van der Waals surface area contributed by atoms with Gasteiger partial charge >= 0.3 is 5.97 Å². The summed E-state index contributed by atoms with van der Waals surface area (Å²) in [4.78, 5) is 22.8. The molecule has 0 aromatic heterocycles. The molecule has 1 amide bonds. The van der Waals surface area contributed by atoms with Crippen molar-refractivity contribution in [2.75, 3.05) is 6.54 Å². The number of carboxylic acid groups (broad SMARTS) is 1. The zero-order valence-electron chi connectivity index (χ0n) is 12.3. The molecule has 1 atom stereocenters. The third-order valence-electron chi connectivity index (χ3n) is 2.43. The van der Waals surface area contributed by atoms with E-state index in [-0.39, 0.29) is 17.9 Å². The lowest BCUT2D eigenvalue weighted by Crippen LogP contribution is -2.49. The highest BCUT2D eigenvalue weighted by Gasteiger charge is 2.32. The van der Waals surface area contributed by atoms with Crippen LogP contribution < -0.4 is 10.6 Å². The largest absolute Gasteiger partial charge is 0.480 e. The minimum atomic E-state index is -1.00. The number of hydrogen-bond acceptors (Lipinski definition) is 3. The maximum atomic E-state index is 11.7. The monoisotopic (exact) mass is 258 g/mol. The van der Waals surface area contributed by atoms with Crippen molar-refractivity contribution >= 4 is 11.9 Å². The molecule has 0 saturated carbocycles. The minimum absolute atomic E-state index is 0.0451. The summed E-state index contributed by atoms with van der Waals surface area (Å²) in [5.41, 5.74) is -0.546. The van der Waals surface area contributed by atoms with Crippen molar-refractivity contribution in [2.24, 2.45) is 5.41 Å². The molecule has 0 heterocycles. The zero-order chi connectivity index (χ0) is 14.6. The Balaban J connectivity index is 4.25. The quantitative estimate of drug-likeness (QED) is 0.696. The normalized spacial score (nSPS) is 14.1. The molecular formula is C13H26N2O3. The van der Waals surface area contributed by atoms with Crippen molar-refractivity contribution in [3.8, 4) is 0 Å². The highest BCUT2D eigenvalue weighted by molar-refractivity contribution is 5.84. The molecule has 0 radical (unpaired) electrons. The topological polar surface area (TPSA) is 78.4 Å². The Labute approximate surface area is 109 Å². The fourth-order valence-corrected chi connectivity index (χ4v) is 1.43. The maximum absolute atomic E-state index is 11.7. The van der Waals surface area contributed by atoms with Crippen molar-refractivity contribution < 1.29 is 14.7 Å². The molecule has 0 spiro atoms. The average Bonchev–Trinajstić information content (AvgIpc) is 2.09. The molecule has 0 aromatic carbocycles. The van der Waals surface area contributed by atoms with Crippen molar-refractivity contribution in [1.82, 2.24) is 10.6 Å². The first-order chi connectivity index (χ1) is 7.93. The van der Waals surface area contributed by atoms with E-state index in [4.69, 9.17) is 5.11 Å². The molecule has 0 unspecified atom stereocenters. The van der Waals surface area contributed by atoms with Crippen molar-refractivity contribution in [3.63, 3.8) is 0 Å². The van der Waals surface area contributed by atoms with E-state index in [1.165, 1.54) is 0 Å². The van der Waals surface area contributed by atoms with E-state index in [9.17, 15) is 9.59 Å². The molecule has 5 nitrogen and oxygen atoms in total. The molecular weight excluding hydrogens is 232 g/mol. The third kappa shape index (κ3) is 7.27. The maximum Gasteiger partial charge on any atom is 0.326 e. The summed E-state index contributed by atoms with van der Waals surface area (Å²) in [6, 6.07) is -0.861. The molecule has 0 saturated heterocycles. The van der Waals surface area contributed by atoms with Gasteiger partial charge in [-0.05, 0) is 26.2 Å². The Morgan fingerprint density at radius 2 is 1.61 bits per heavy atom. The van der Waals surface area contributed by atoms with Crippen LogP contribution in [0.2, 0.25) is 0 Å². The smallest absolute Gasteiger partial charge is 0.326 e. The molecule has 106 valence electrons. The fourth-order valence-electron chi connectivity index (χ4n) is 1.43. The van der Waals surface area contributed by atoms with Gasteiger partial charge in [-0.25, -0.2) is 4.79 Å². The second-order valence-electron chi connectivity index (χ2n) is 6.63.